The van der Waals surface area contributed by atoms with E-state index in [1.165, 1.54) is 10.1 Å². The number of imidazole rings is 1. The SMILES string of the molecule is [2H]C([2H])([2H])n1c(-n2c3ccc(C(C)(C)C)cc3c3ccc(Oc4cc(N5CN(c6c(/C7=C/C=C\N/C=C\C=C/[B]7)cc(C(C)(C)C)cc6/C6=C/C=C\N/C=C\C=C/[B]6)c6ccccc65)cc(-c5ccccc5)n4)cc32)nc2ccccc21. The highest BCUT2D eigenvalue weighted by atomic mass is 16.5. The number of hydrogen-bond acceptors (Lipinski definition) is 7. The first-order valence-electron chi connectivity index (χ1n) is 28.3. The van der Waals surface area contributed by atoms with Gasteiger partial charge in [0.05, 0.1) is 50.5 Å². The van der Waals surface area contributed by atoms with Crippen LogP contribution in [0.1, 0.15) is 67.9 Å². The van der Waals surface area contributed by atoms with Crippen LogP contribution in [0.2, 0.25) is 0 Å². The van der Waals surface area contributed by atoms with Crippen molar-refractivity contribution in [2.24, 2.45) is 6.98 Å². The minimum absolute atomic E-state index is 0.137. The van der Waals surface area contributed by atoms with Gasteiger partial charge in [0.25, 0.3) is 0 Å². The summed E-state index contributed by atoms with van der Waals surface area (Å²) in [5.74, 6) is 5.39. The molecule has 0 saturated carbocycles. The smallest absolute Gasteiger partial charge is 0.221 e. The van der Waals surface area contributed by atoms with Gasteiger partial charge in [-0.2, -0.15) is 0 Å². The first-order chi connectivity index (χ1) is 39.6. The van der Waals surface area contributed by atoms with Crippen LogP contribution in [0.3, 0.4) is 0 Å². The number of anilines is 4. The normalized spacial score (nSPS) is 19.1. The van der Waals surface area contributed by atoms with Crippen molar-refractivity contribution in [2.45, 2.75) is 52.4 Å². The number of rotatable bonds is 8. The highest BCUT2D eigenvalue weighted by Crippen LogP contribution is 2.50. The second-order valence-corrected chi connectivity index (χ2v) is 22.0. The van der Waals surface area contributed by atoms with Crippen LogP contribution in [0, 0.1) is 0 Å². The molecule has 9 aromatic rings. The Hall–Kier alpha value is -9.21. The number of nitrogens with one attached hydrogen (secondary N) is 2. The maximum Gasteiger partial charge on any atom is 0.221 e. The third-order valence-corrected chi connectivity index (χ3v) is 14.7. The third kappa shape index (κ3) is 10.0. The average molecular weight is 1030 g/mol. The summed E-state index contributed by atoms with van der Waals surface area (Å²) < 4.78 is 36.8. The maximum absolute atomic E-state index is 8.81. The molecule has 3 aliphatic heterocycles. The van der Waals surface area contributed by atoms with Gasteiger partial charge in [0.1, 0.15) is 12.4 Å². The van der Waals surface area contributed by atoms with Crippen LogP contribution in [0.25, 0.3) is 61.0 Å². The number of para-hydroxylation sites is 4. The Morgan fingerprint density at radius 2 is 1.20 bits per heavy atom. The predicted molar refractivity (Wildman–Crippen MR) is 333 cm³/mol. The molecule has 0 unspecified atom stereocenters. The number of benzene rings is 6. The summed E-state index contributed by atoms with van der Waals surface area (Å²) in [5, 5.41) is 8.45. The Morgan fingerprint density at radius 3 is 1.89 bits per heavy atom. The Kier molecular flexibility index (Phi) is 12.5. The zero-order chi connectivity index (χ0) is 56.8. The number of pyridine rings is 1. The van der Waals surface area contributed by atoms with E-state index < -0.39 is 6.98 Å². The summed E-state index contributed by atoms with van der Waals surface area (Å²) in [7, 11) is 4.38. The van der Waals surface area contributed by atoms with Crippen LogP contribution in [0.15, 0.2) is 225 Å². The van der Waals surface area contributed by atoms with Gasteiger partial charge < -0.3 is 29.7 Å². The predicted octanol–water partition coefficient (Wildman–Crippen LogP) is 15.7. The fraction of sp³-hybridized carbons (Fsp3) is 0.147. The second kappa shape index (κ2) is 21.0. The Balaban J connectivity index is 1.03. The molecule has 0 atom stereocenters. The molecule has 3 aromatic heterocycles. The molecule has 6 aromatic carbocycles. The van der Waals surface area contributed by atoms with Gasteiger partial charge in [-0.25, -0.2) is 9.97 Å². The van der Waals surface area contributed by atoms with E-state index in [2.05, 4.69) is 192 Å². The van der Waals surface area contributed by atoms with Gasteiger partial charge >= 0.3 is 0 Å². The Labute approximate surface area is 469 Å². The molecule has 6 heterocycles. The largest absolute Gasteiger partial charge is 0.439 e. The van der Waals surface area contributed by atoms with E-state index in [-0.39, 0.29) is 10.8 Å². The van der Waals surface area contributed by atoms with E-state index in [9.17, 15) is 0 Å². The number of allylic oxidation sites excluding steroid dienone is 8. The molecule has 0 spiro atoms. The van der Waals surface area contributed by atoms with Crippen molar-refractivity contribution in [1.82, 2.24) is 29.7 Å². The topological polar surface area (TPSA) is 75.4 Å². The second-order valence-electron chi connectivity index (χ2n) is 22.0. The fourth-order valence-corrected chi connectivity index (χ4v) is 10.6. The van der Waals surface area contributed by atoms with Crippen LogP contribution in [0.4, 0.5) is 22.7 Å². The van der Waals surface area contributed by atoms with E-state index in [0.717, 1.165) is 83.4 Å². The van der Waals surface area contributed by atoms with Gasteiger partial charge in [-0.3, -0.25) is 4.57 Å². The lowest BCUT2D eigenvalue weighted by Crippen LogP contribution is -2.27. The van der Waals surface area contributed by atoms with E-state index >= 15 is 0 Å². The molecule has 2 radical (unpaired) electrons. The first-order valence-corrected chi connectivity index (χ1v) is 26.8. The number of fused-ring (bicyclic) bond motifs is 5. The van der Waals surface area contributed by atoms with Crippen molar-refractivity contribution in [3.8, 4) is 28.8 Å². The first kappa shape index (κ1) is 47.0. The zero-order valence-electron chi connectivity index (χ0n) is 48.3. The molecular formula is C68H62B2N8O. The third-order valence-electron chi connectivity index (χ3n) is 14.7. The number of hydrogen-bond donors (Lipinski definition) is 2. The van der Waals surface area contributed by atoms with Crippen LogP contribution in [0.5, 0.6) is 11.6 Å². The molecule has 0 amide bonds. The molecule has 12 rings (SSSR count). The molecule has 0 aliphatic carbocycles. The van der Waals surface area contributed by atoms with Gasteiger partial charge in [0, 0.05) is 64.4 Å². The molecule has 11 heteroatoms. The average Bonchev–Trinajstić information content (AvgIpc) is 2.71. The molecular weight excluding hydrogens is 966 g/mol. The van der Waals surface area contributed by atoms with E-state index in [1.54, 1.807) is 0 Å². The van der Waals surface area contributed by atoms with Crippen LogP contribution >= 0.6 is 0 Å². The zero-order valence-corrected chi connectivity index (χ0v) is 45.3. The minimum atomic E-state index is -2.53. The van der Waals surface area contributed by atoms with Crippen molar-refractivity contribution in [3.63, 3.8) is 0 Å². The van der Waals surface area contributed by atoms with E-state index in [1.807, 2.05) is 114 Å². The highest BCUT2D eigenvalue weighted by Gasteiger charge is 2.34. The number of nitrogens with zero attached hydrogens (tertiary/aromatic N) is 6. The maximum atomic E-state index is 8.81. The van der Waals surface area contributed by atoms with Crippen molar-refractivity contribution >= 4 is 81.1 Å². The molecule has 9 nitrogen and oxygen atoms in total. The van der Waals surface area contributed by atoms with Crippen molar-refractivity contribution in [3.05, 3.63) is 247 Å². The number of aromatic nitrogens is 4. The highest BCUT2D eigenvalue weighted by molar-refractivity contribution is 6.67. The lowest BCUT2D eigenvalue weighted by molar-refractivity contribution is 0.464. The molecule has 2 N–H and O–H groups in total. The summed E-state index contributed by atoms with van der Waals surface area (Å²) in [4.78, 5) is 15.1. The van der Waals surface area contributed by atoms with E-state index in [0.29, 0.717) is 35.3 Å². The minimum Gasteiger partial charge on any atom is -0.439 e. The molecule has 3 aliphatic rings. The summed E-state index contributed by atoms with van der Waals surface area (Å²) >= 11 is 0. The van der Waals surface area contributed by atoms with Crippen molar-refractivity contribution in [1.29, 1.82) is 0 Å². The Morgan fingerprint density at radius 1 is 0.557 bits per heavy atom. The lowest BCUT2D eigenvalue weighted by atomic mass is 9.62. The van der Waals surface area contributed by atoms with Gasteiger partial charge in [0.15, 0.2) is 14.6 Å². The van der Waals surface area contributed by atoms with Gasteiger partial charge in [-0.1, -0.05) is 137 Å². The van der Waals surface area contributed by atoms with Gasteiger partial charge in [-0.15, -0.1) is 12.0 Å². The summed E-state index contributed by atoms with van der Waals surface area (Å²) in [6, 6.07) is 47.5. The number of ether oxygens (including phenoxy) is 1. The van der Waals surface area contributed by atoms with Crippen LogP contribution in [-0.4, -0.2) is 40.3 Å². The van der Waals surface area contributed by atoms with Gasteiger partial charge in [-0.05, 0) is 124 Å². The van der Waals surface area contributed by atoms with Crippen LogP contribution < -0.4 is 25.2 Å². The summed E-state index contributed by atoms with van der Waals surface area (Å²) in [6.07, 6.45) is 24.3. The lowest BCUT2D eigenvalue weighted by Gasteiger charge is -2.31. The molecule has 0 bridgehead atoms. The van der Waals surface area contributed by atoms with Crippen molar-refractivity contribution < 1.29 is 8.85 Å². The van der Waals surface area contributed by atoms with Crippen molar-refractivity contribution in [2.75, 3.05) is 16.5 Å². The Bertz CT molecular complexity index is 4130. The van der Waals surface area contributed by atoms with Crippen LogP contribution in [-0.2, 0) is 17.8 Å². The quantitative estimate of drug-likeness (QED) is 0.147. The van der Waals surface area contributed by atoms with E-state index in [4.69, 9.17) is 18.8 Å². The summed E-state index contributed by atoms with van der Waals surface area (Å²) in [5.41, 5.74) is 14.6. The standard InChI is InChI=1S/C68H62B2N8O/c1-67(2,3)47-29-32-59-52(39-47)51-31-30-50(44-63(51)78(59)66-74-57-25-11-12-26-60(57)75(66)7)79-64-43-49(42-58(73-64)46-21-9-8-10-22-46)76-45-77(62-28-14-13-27-61(62)76)65-53(55-23-19-37-71-35-17-15-33-69-55)40-48(68(4,5)6)41-54(65)56-24-20-38-72-36-18-16-34-70-56/h8-44,71-72H,45H2,1-7H3/b33-15-,34-16-,35-17-,36-18-,37-19-,38-20-,55-23-,56-24-/i7D3. The summed E-state index contributed by atoms with van der Waals surface area (Å²) in [6.45, 7) is 11.3. The molecule has 79 heavy (non-hydrogen) atoms. The number of aryl methyl sites for hydroxylation is 1. The molecule has 0 fully saturated rings. The molecule has 386 valence electrons. The monoisotopic (exact) mass is 1030 g/mol. The fourth-order valence-electron chi connectivity index (χ4n) is 10.6. The molecule has 0 saturated heterocycles. The van der Waals surface area contributed by atoms with Gasteiger partial charge in [0.2, 0.25) is 11.8 Å².